The third kappa shape index (κ3) is 64.2. The highest BCUT2D eigenvalue weighted by molar-refractivity contribution is 5.71. The molecule has 0 spiro atoms. The van der Waals surface area contributed by atoms with E-state index in [0.717, 1.165) is 89.9 Å². The molecule has 0 aliphatic rings. The minimum atomic E-state index is -0.782. The summed E-state index contributed by atoms with van der Waals surface area (Å²) in [6, 6.07) is 0. The molecular formula is C72H132O6. The molecule has 456 valence electrons. The second kappa shape index (κ2) is 66.9. The van der Waals surface area contributed by atoms with Crippen LogP contribution in [-0.4, -0.2) is 37.2 Å². The van der Waals surface area contributed by atoms with Crippen LogP contribution in [0.3, 0.4) is 0 Å². The Balaban J connectivity index is 4.08. The molecule has 0 aromatic carbocycles. The molecule has 0 aliphatic carbocycles. The summed E-state index contributed by atoms with van der Waals surface area (Å²) in [7, 11) is 0. The first-order chi connectivity index (χ1) is 38.5. The zero-order valence-electron chi connectivity index (χ0n) is 52.5. The second-order valence-corrected chi connectivity index (χ2v) is 23.4. The van der Waals surface area contributed by atoms with Gasteiger partial charge in [0.15, 0.2) is 6.10 Å². The number of unbranched alkanes of at least 4 members (excludes halogenated alkanes) is 45. The lowest BCUT2D eigenvalue weighted by Crippen LogP contribution is -2.30. The smallest absolute Gasteiger partial charge is 0.306 e. The molecule has 1 unspecified atom stereocenters. The summed E-state index contributed by atoms with van der Waals surface area (Å²) in [5.74, 6) is -0.882. The van der Waals surface area contributed by atoms with E-state index in [1.807, 2.05) is 0 Å². The van der Waals surface area contributed by atoms with E-state index in [1.54, 1.807) is 0 Å². The molecule has 0 aromatic rings. The highest BCUT2D eigenvalue weighted by Crippen LogP contribution is 2.18. The van der Waals surface area contributed by atoms with Crippen LogP contribution in [0, 0.1) is 0 Å². The summed E-state index contributed by atoms with van der Waals surface area (Å²) >= 11 is 0. The third-order valence-electron chi connectivity index (χ3n) is 15.5. The number of ether oxygens (including phenoxy) is 3. The van der Waals surface area contributed by atoms with Crippen molar-refractivity contribution in [3.63, 3.8) is 0 Å². The van der Waals surface area contributed by atoms with Crippen molar-refractivity contribution in [2.75, 3.05) is 13.2 Å². The van der Waals surface area contributed by atoms with E-state index in [-0.39, 0.29) is 31.1 Å². The number of carbonyl (C=O) groups excluding carboxylic acids is 3. The largest absolute Gasteiger partial charge is 0.462 e. The fraction of sp³-hybridized carbons (Fsp3) is 0.847. The van der Waals surface area contributed by atoms with Gasteiger partial charge in [-0.25, -0.2) is 0 Å². The van der Waals surface area contributed by atoms with Crippen molar-refractivity contribution in [2.24, 2.45) is 0 Å². The van der Waals surface area contributed by atoms with Gasteiger partial charge < -0.3 is 14.2 Å². The summed E-state index contributed by atoms with van der Waals surface area (Å²) in [6.07, 6.45) is 84.4. The number of carbonyl (C=O) groups is 3. The number of hydrogen-bond donors (Lipinski definition) is 0. The van der Waals surface area contributed by atoms with Crippen LogP contribution in [-0.2, 0) is 28.6 Å². The molecule has 1 atom stereocenters. The molecule has 0 saturated heterocycles. The minimum absolute atomic E-state index is 0.0780. The molecule has 0 rings (SSSR count). The summed E-state index contributed by atoms with van der Waals surface area (Å²) in [6.45, 7) is 6.62. The van der Waals surface area contributed by atoms with Crippen LogP contribution in [0.1, 0.15) is 374 Å². The molecule has 6 nitrogen and oxygen atoms in total. The van der Waals surface area contributed by atoms with Gasteiger partial charge in [0, 0.05) is 19.3 Å². The van der Waals surface area contributed by atoms with Crippen molar-refractivity contribution in [3.05, 3.63) is 48.6 Å². The average molecular weight is 1090 g/mol. The number of rotatable bonds is 64. The van der Waals surface area contributed by atoms with Crippen LogP contribution in [0.4, 0.5) is 0 Å². The predicted molar refractivity (Wildman–Crippen MR) is 339 cm³/mol. The molecular weight excluding hydrogens is 961 g/mol. The van der Waals surface area contributed by atoms with Crippen LogP contribution in [0.5, 0.6) is 0 Å². The topological polar surface area (TPSA) is 78.9 Å². The van der Waals surface area contributed by atoms with Gasteiger partial charge in [0.2, 0.25) is 0 Å². The molecule has 0 heterocycles. The predicted octanol–water partition coefficient (Wildman–Crippen LogP) is 23.7. The maximum atomic E-state index is 12.9. The van der Waals surface area contributed by atoms with Gasteiger partial charge in [-0.2, -0.15) is 0 Å². The summed E-state index contributed by atoms with van der Waals surface area (Å²) in [5.41, 5.74) is 0. The quantitative estimate of drug-likeness (QED) is 0.0261. The summed E-state index contributed by atoms with van der Waals surface area (Å²) < 4.78 is 16.9. The third-order valence-corrected chi connectivity index (χ3v) is 15.5. The Morgan fingerprint density at radius 1 is 0.256 bits per heavy atom. The van der Waals surface area contributed by atoms with Gasteiger partial charge in [-0.1, -0.05) is 301 Å². The van der Waals surface area contributed by atoms with Crippen LogP contribution < -0.4 is 0 Å². The van der Waals surface area contributed by atoms with Crippen molar-refractivity contribution in [3.8, 4) is 0 Å². The number of allylic oxidation sites excluding steroid dienone is 8. The van der Waals surface area contributed by atoms with Crippen LogP contribution in [0.15, 0.2) is 48.6 Å². The monoisotopic (exact) mass is 1090 g/mol. The van der Waals surface area contributed by atoms with Gasteiger partial charge in [0.1, 0.15) is 13.2 Å². The Bertz CT molecular complexity index is 1350. The standard InChI is InChI=1S/C72H132O6/c1-4-7-10-13-16-19-22-25-27-28-29-30-31-32-33-34-35-36-37-38-39-40-41-42-43-44-46-47-50-53-56-59-62-65-71(74)77-68-69(67-76-70(73)64-61-58-55-52-49-24-21-18-15-12-9-6-3)78-72(75)66-63-60-57-54-51-48-45-26-23-20-17-14-11-8-5-2/h17-18,20-21,26,28-29,45,69H,4-16,19,22-25,27,30-44,46-68H2,1-3H3/b20-17-,21-18-,29-28-,45-26-. The van der Waals surface area contributed by atoms with E-state index in [9.17, 15) is 14.4 Å². The van der Waals surface area contributed by atoms with E-state index in [4.69, 9.17) is 14.2 Å². The molecule has 0 aliphatic heterocycles. The van der Waals surface area contributed by atoms with E-state index < -0.39 is 6.10 Å². The molecule has 0 fully saturated rings. The normalized spacial score (nSPS) is 12.3. The minimum Gasteiger partial charge on any atom is -0.462 e. The number of hydrogen-bond acceptors (Lipinski definition) is 6. The van der Waals surface area contributed by atoms with Crippen molar-refractivity contribution < 1.29 is 28.6 Å². The van der Waals surface area contributed by atoms with Gasteiger partial charge >= 0.3 is 17.9 Å². The SMILES string of the molecule is CCCCC/C=C\C/C=C\CCCCCCCC(=O)OC(COC(=O)CCCCCCC/C=C\CCCCC)COC(=O)CCCCCCCCCCCCCCCCCCCCCCC/C=C\CCCCCCCCCC. The molecule has 0 aromatic heterocycles. The van der Waals surface area contributed by atoms with Gasteiger partial charge in [-0.3, -0.25) is 14.4 Å². The molecule has 0 bridgehead atoms. The van der Waals surface area contributed by atoms with Crippen molar-refractivity contribution in [1.82, 2.24) is 0 Å². The fourth-order valence-electron chi connectivity index (χ4n) is 10.3. The van der Waals surface area contributed by atoms with Gasteiger partial charge in [0.25, 0.3) is 0 Å². The zero-order chi connectivity index (χ0) is 56.4. The van der Waals surface area contributed by atoms with Crippen molar-refractivity contribution in [1.29, 1.82) is 0 Å². The highest BCUT2D eigenvalue weighted by Gasteiger charge is 2.19. The van der Waals surface area contributed by atoms with Gasteiger partial charge in [-0.05, 0) is 103 Å². The molecule has 0 radical (unpaired) electrons. The van der Waals surface area contributed by atoms with Crippen molar-refractivity contribution >= 4 is 17.9 Å². The number of esters is 3. The van der Waals surface area contributed by atoms with Gasteiger partial charge in [0.05, 0.1) is 0 Å². The molecule has 0 N–H and O–H groups in total. The zero-order valence-corrected chi connectivity index (χ0v) is 52.5. The lowest BCUT2D eigenvalue weighted by Gasteiger charge is -2.18. The molecule has 0 saturated carbocycles. The maximum absolute atomic E-state index is 12.9. The Labute approximate surface area is 486 Å². The Morgan fingerprint density at radius 2 is 0.462 bits per heavy atom. The Morgan fingerprint density at radius 3 is 0.744 bits per heavy atom. The lowest BCUT2D eigenvalue weighted by molar-refractivity contribution is -0.167. The van der Waals surface area contributed by atoms with Gasteiger partial charge in [-0.15, -0.1) is 0 Å². The van der Waals surface area contributed by atoms with Crippen LogP contribution >= 0.6 is 0 Å². The average Bonchev–Trinajstić information content (AvgIpc) is 3.44. The summed E-state index contributed by atoms with van der Waals surface area (Å²) in [4.78, 5) is 38.3. The first-order valence-corrected chi connectivity index (χ1v) is 34.6. The second-order valence-electron chi connectivity index (χ2n) is 23.4. The molecule has 6 heteroatoms. The Kier molecular flexibility index (Phi) is 64.6. The van der Waals surface area contributed by atoms with E-state index in [1.165, 1.54) is 244 Å². The summed E-state index contributed by atoms with van der Waals surface area (Å²) in [5, 5.41) is 0. The first-order valence-electron chi connectivity index (χ1n) is 34.6. The molecule has 0 amide bonds. The van der Waals surface area contributed by atoms with Crippen LogP contribution in [0.25, 0.3) is 0 Å². The van der Waals surface area contributed by atoms with E-state index in [0.29, 0.717) is 19.3 Å². The maximum Gasteiger partial charge on any atom is 0.306 e. The molecule has 78 heavy (non-hydrogen) atoms. The lowest BCUT2D eigenvalue weighted by atomic mass is 10.0. The first kappa shape index (κ1) is 75.4. The highest BCUT2D eigenvalue weighted by atomic mass is 16.6. The fourth-order valence-corrected chi connectivity index (χ4v) is 10.3. The Hall–Kier alpha value is -2.63. The van der Waals surface area contributed by atoms with E-state index in [2.05, 4.69) is 69.4 Å². The van der Waals surface area contributed by atoms with E-state index >= 15 is 0 Å². The van der Waals surface area contributed by atoms with Crippen molar-refractivity contribution in [2.45, 2.75) is 380 Å². The van der Waals surface area contributed by atoms with Crippen LogP contribution in [0.2, 0.25) is 0 Å².